The van der Waals surface area contributed by atoms with E-state index in [9.17, 15) is 4.79 Å². The molecule has 1 saturated carbocycles. The number of nitrogens with zero attached hydrogens (tertiary/aromatic N) is 1. The van der Waals surface area contributed by atoms with Crippen LogP contribution in [0, 0.1) is 5.41 Å². The molecule has 4 nitrogen and oxygen atoms in total. The van der Waals surface area contributed by atoms with Crippen molar-refractivity contribution in [3.8, 4) is 0 Å². The van der Waals surface area contributed by atoms with Crippen molar-refractivity contribution < 1.29 is 9.53 Å². The lowest BCUT2D eigenvalue weighted by molar-refractivity contribution is -0.145. The molecule has 5 heteroatoms. The fraction of sp³-hybridized carbons (Fsp3) is 0.938. The average molecular weight is 317 g/mol. The molecule has 2 saturated heterocycles. The van der Waals surface area contributed by atoms with Crippen molar-refractivity contribution in [3.05, 3.63) is 0 Å². The zero-order valence-corrected chi connectivity index (χ0v) is 13.7. The fourth-order valence-electron chi connectivity index (χ4n) is 4.27. The Balaban J connectivity index is 0.00000161. The maximum Gasteiger partial charge on any atom is 0.251 e. The van der Waals surface area contributed by atoms with Crippen molar-refractivity contribution in [1.29, 1.82) is 0 Å². The Kier molecular flexibility index (Phi) is 5.92. The Labute approximate surface area is 134 Å². The summed E-state index contributed by atoms with van der Waals surface area (Å²) in [6, 6.07) is 0. The van der Waals surface area contributed by atoms with Gasteiger partial charge in [-0.05, 0) is 43.9 Å². The summed E-state index contributed by atoms with van der Waals surface area (Å²) in [6.45, 7) is 2.41. The van der Waals surface area contributed by atoms with Crippen molar-refractivity contribution in [2.24, 2.45) is 11.1 Å². The van der Waals surface area contributed by atoms with Crippen molar-refractivity contribution in [2.45, 2.75) is 70.0 Å². The molecule has 1 amide bonds. The van der Waals surface area contributed by atoms with Crippen LogP contribution >= 0.6 is 12.4 Å². The first-order chi connectivity index (χ1) is 9.72. The number of nitrogens with two attached hydrogens (primary N) is 1. The number of hydrogen-bond donors (Lipinski definition) is 1. The van der Waals surface area contributed by atoms with Gasteiger partial charge in [-0.3, -0.25) is 4.79 Å². The van der Waals surface area contributed by atoms with Gasteiger partial charge in [0, 0.05) is 19.6 Å². The third kappa shape index (κ3) is 3.72. The molecular weight excluding hydrogens is 288 g/mol. The second-order valence-electron chi connectivity index (χ2n) is 6.95. The van der Waals surface area contributed by atoms with E-state index in [1.807, 2.05) is 4.90 Å². The van der Waals surface area contributed by atoms with Crippen LogP contribution in [0.1, 0.15) is 57.8 Å². The molecule has 2 aliphatic heterocycles. The standard InChI is InChI=1S/C16H28N2O2.ClH/c17-12-13-4-5-14(20-13)15(19)18-10-8-16(9-11-18)6-2-1-3-7-16;/h13-14H,1-12,17H2;1H/t13-,14+;/m1./s1. The van der Waals surface area contributed by atoms with E-state index in [1.54, 1.807) is 0 Å². The summed E-state index contributed by atoms with van der Waals surface area (Å²) in [5.74, 6) is 0.214. The van der Waals surface area contributed by atoms with E-state index < -0.39 is 0 Å². The van der Waals surface area contributed by atoms with E-state index in [4.69, 9.17) is 10.5 Å². The van der Waals surface area contributed by atoms with Gasteiger partial charge in [0.25, 0.3) is 5.91 Å². The van der Waals surface area contributed by atoms with Gasteiger partial charge in [-0.15, -0.1) is 12.4 Å². The van der Waals surface area contributed by atoms with Gasteiger partial charge >= 0.3 is 0 Å². The highest BCUT2D eigenvalue weighted by Gasteiger charge is 2.39. The van der Waals surface area contributed by atoms with Crippen LogP contribution in [-0.2, 0) is 9.53 Å². The number of piperidine rings is 1. The second kappa shape index (κ2) is 7.30. The molecule has 0 aromatic carbocycles. The minimum absolute atomic E-state index is 0. The summed E-state index contributed by atoms with van der Waals surface area (Å²) in [5, 5.41) is 0. The fourth-order valence-corrected chi connectivity index (χ4v) is 4.27. The number of rotatable bonds is 2. The molecule has 122 valence electrons. The summed E-state index contributed by atoms with van der Waals surface area (Å²) < 4.78 is 5.75. The number of likely N-dealkylation sites (tertiary alicyclic amines) is 1. The van der Waals surface area contributed by atoms with Crippen molar-refractivity contribution in [2.75, 3.05) is 19.6 Å². The summed E-state index contributed by atoms with van der Waals surface area (Å²) in [4.78, 5) is 14.5. The van der Waals surface area contributed by atoms with E-state index in [2.05, 4.69) is 0 Å². The van der Waals surface area contributed by atoms with Crippen molar-refractivity contribution >= 4 is 18.3 Å². The van der Waals surface area contributed by atoms with Crippen LogP contribution < -0.4 is 5.73 Å². The number of hydrogen-bond acceptors (Lipinski definition) is 3. The lowest BCUT2D eigenvalue weighted by atomic mass is 9.68. The smallest absolute Gasteiger partial charge is 0.251 e. The Morgan fingerprint density at radius 3 is 2.33 bits per heavy atom. The quantitative estimate of drug-likeness (QED) is 0.851. The van der Waals surface area contributed by atoms with E-state index in [1.165, 1.54) is 44.9 Å². The van der Waals surface area contributed by atoms with Gasteiger partial charge in [0.1, 0.15) is 6.10 Å². The summed E-state index contributed by atoms with van der Waals surface area (Å²) in [7, 11) is 0. The first kappa shape index (κ1) is 17.0. The summed E-state index contributed by atoms with van der Waals surface area (Å²) in [6.07, 6.45) is 11.0. The molecule has 0 bridgehead atoms. The highest BCUT2D eigenvalue weighted by atomic mass is 35.5. The first-order valence-corrected chi connectivity index (χ1v) is 8.37. The van der Waals surface area contributed by atoms with Crippen LogP contribution in [0.4, 0.5) is 0 Å². The van der Waals surface area contributed by atoms with Crippen LogP contribution in [0.25, 0.3) is 0 Å². The minimum Gasteiger partial charge on any atom is -0.364 e. The number of ether oxygens (including phenoxy) is 1. The molecule has 1 spiro atoms. The van der Waals surface area contributed by atoms with Crippen LogP contribution in [0.3, 0.4) is 0 Å². The predicted molar refractivity (Wildman–Crippen MR) is 85.5 cm³/mol. The van der Waals surface area contributed by atoms with E-state index in [-0.39, 0.29) is 30.5 Å². The lowest BCUT2D eigenvalue weighted by Crippen LogP contribution is -2.47. The molecule has 3 fully saturated rings. The van der Waals surface area contributed by atoms with E-state index in [0.717, 1.165) is 25.9 Å². The van der Waals surface area contributed by atoms with Crippen LogP contribution in [0.5, 0.6) is 0 Å². The number of carbonyl (C=O) groups is 1. The van der Waals surface area contributed by atoms with Crippen LogP contribution in [0.2, 0.25) is 0 Å². The topological polar surface area (TPSA) is 55.6 Å². The zero-order chi connectivity index (χ0) is 14.0. The van der Waals surface area contributed by atoms with Crippen molar-refractivity contribution in [3.63, 3.8) is 0 Å². The second-order valence-corrected chi connectivity index (χ2v) is 6.95. The zero-order valence-electron chi connectivity index (χ0n) is 12.9. The normalized spacial score (nSPS) is 32.0. The molecule has 0 unspecified atom stereocenters. The van der Waals surface area contributed by atoms with Gasteiger partial charge in [0.15, 0.2) is 0 Å². The molecule has 3 rings (SSSR count). The summed E-state index contributed by atoms with van der Waals surface area (Å²) >= 11 is 0. The lowest BCUT2D eigenvalue weighted by Gasteiger charge is -2.44. The molecule has 2 N–H and O–H groups in total. The maximum absolute atomic E-state index is 12.5. The molecule has 2 atom stereocenters. The van der Waals surface area contributed by atoms with Gasteiger partial charge in [0.2, 0.25) is 0 Å². The molecule has 1 aliphatic carbocycles. The molecule has 3 aliphatic rings. The number of halogens is 1. The van der Waals surface area contributed by atoms with E-state index >= 15 is 0 Å². The molecule has 2 heterocycles. The Morgan fingerprint density at radius 1 is 1.10 bits per heavy atom. The van der Waals surface area contributed by atoms with Gasteiger partial charge in [-0.2, -0.15) is 0 Å². The van der Waals surface area contributed by atoms with Gasteiger partial charge in [-0.1, -0.05) is 19.3 Å². The maximum atomic E-state index is 12.5. The molecule has 21 heavy (non-hydrogen) atoms. The number of carbonyl (C=O) groups excluding carboxylic acids is 1. The third-order valence-electron chi connectivity index (χ3n) is 5.70. The minimum atomic E-state index is -0.219. The van der Waals surface area contributed by atoms with Crippen molar-refractivity contribution in [1.82, 2.24) is 4.90 Å². The molecule has 0 aromatic heterocycles. The monoisotopic (exact) mass is 316 g/mol. The molecular formula is C16H29ClN2O2. The average Bonchev–Trinajstić information content (AvgIpc) is 2.97. The van der Waals surface area contributed by atoms with Gasteiger partial charge in [-0.25, -0.2) is 0 Å². The van der Waals surface area contributed by atoms with E-state index in [0.29, 0.717) is 12.0 Å². The first-order valence-electron chi connectivity index (χ1n) is 8.37. The van der Waals surface area contributed by atoms with Gasteiger partial charge < -0.3 is 15.4 Å². The molecule has 0 radical (unpaired) electrons. The number of amides is 1. The largest absolute Gasteiger partial charge is 0.364 e. The highest BCUT2D eigenvalue weighted by molar-refractivity contribution is 5.85. The Morgan fingerprint density at radius 2 is 1.76 bits per heavy atom. The highest BCUT2D eigenvalue weighted by Crippen LogP contribution is 2.44. The molecule has 0 aromatic rings. The Bertz CT molecular complexity index is 348. The van der Waals surface area contributed by atoms with Gasteiger partial charge in [0.05, 0.1) is 6.10 Å². The van der Waals surface area contributed by atoms with Crippen LogP contribution in [-0.4, -0.2) is 42.6 Å². The summed E-state index contributed by atoms with van der Waals surface area (Å²) in [5.41, 5.74) is 6.18. The Hall–Kier alpha value is -0.320. The third-order valence-corrected chi connectivity index (χ3v) is 5.70. The SMILES string of the molecule is Cl.NC[C@H]1CC[C@@H](C(=O)N2CCC3(CCCCC3)CC2)O1. The van der Waals surface area contributed by atoms with Crippen LogP contribution in [0.15, 0.2) is 0 Å². The predicted octanol–water partition coefficient (Wildman–Crippen LogP) is 2.49.